The van der Waals surface area contributed by atoms with Crippen molar-refractivity contribution in [3.8, 4) is 17.2 Å². The lowest BCUT2D eigenvalue weighted by atomic mass is 9.82. The van der Waals surface area contributed by atoms with Gasteiger partial charge in [0.05, 0.1) is 31.6 Å². The van der Waals surface area contributed by atoms with E-state index in [1.54, 1.807) is 71.6 Å². The van der Waals surface area contributed by atoms with E-state index in [-0.39, 0.29) is 17.4 Å². The van der Waals surface area contributed by atoms with Crippen molar-refractivity contribution in [2.45, 2.75) is 32.6 Å². The van der Waals surface area contributed by atoms with E-state index in [9.17, 15) is 28.4 Å². The summed E-state index contributed by atoms with van der Waals surface area (Å²) in [7, 11) is 2.80. The number of anilines is 1. The maximum absolute atomic E-state index is 13.3. The van der Waals surface area contributed by atoms with Crippen molar-refractivity contribution in [1.82, 2.24) is 0 Å². The van der Waals surface area contributed by atoms with Gasteiger partial charge in [-0.3, -0.25) is 19.2 Å². The number of carbonyl (C=O) groups excluding carboxylic acids is 5. The number of methoxy groups -OCH3 is 2. The summed E-state index contributed by atoms with van der Waals surface area (Å²) in [4.78, 5) is 65.4. The van der Waals surface area contributed by atoms with Gasteiger partial charge in [-0.25, -0.2) is 9.18 Å². The lowest BCUT2D eigenvalue weighted by Gasteiger charge is -2.26. The summed E-state index contributed by atoms with van der Waals surface area (Å²) in [5.41, 5.74) is 2.15. The second kappa shape index (κ2) is 17.2. The number of hydrogen-bond acceptors (Lipinski definition) is 9. The fourth-order valence-corrected chi connectivity index (χ4v) is 5.87. The van der Waals surface area contributed by atoms with Crippen LogP contribution in [0.15, 0.2) is 97.1 Å². The topological polar surface area (TPSA) is 126 Å². The Labute approximate surface area is 300 Å². The molecule has 10 nitrogen and oxygen atoms in total. The molecular formula is C41H38FNO9. The SMILES string of the molecule is CCN(C(=O)c1ccc(OC(=O)C2CCC(C(=O)Oc3ccc(OC)cc3/C=C/C(=O)c3ccc(F)cc3)CC2)cc1)c1ccc(C(=O)OC)cc1. The molecule has 0 atom stereocenters. The van der Waals surface area contributed by atoms with Crippen LogP contribution in [0.2, 0.25) is 0 Å². The first-order valence-corrected chi connectivity index (χ1v) is 16.8. The summed E-state index contributed by atoms with van der Waals surface area (Å²) >= 11 is 0. The molecule has 0 unspecified atom stereocenters. The number of rotatable bonds is 12. The summed E-state index contributed by atoms with van der Waals surface area (Å²) in [6, 6.07) is 22.9. The van der Waals surface area contributed by atoms with Crippen LogP contribution >= 0.6 is 0 Å². The van der Waals surface area contributed by atoms with Crippen molar-refractivity contribution >= 4 is 41.4 Å². The number of ether oxygens (including phenoxy) is 4. The molecule has 0 radical (unpaired) electrons. The molecule has 1 amide bonds. The summed E-state index contributed by atoms with van der Waals surface area (Å²) in [5.74, 6) is -2.19. The van der Waals surface area contributed by atoms with Crippen LogP contribution < -0.4 is 19.1 Å². The van der Waals surface area contributed by atoms with Gasteiger partial charge in [0.2, 0.25) is 0 Å². The number of hydrogen-bond donors (Lipinski definition) is 0. The number of benzene rings is 4. The maximum Gasteiger partial charge on any atom is 0.337 e. The molecule has 0 heterocycles. The predicted molar refractivity (Wildman–Crippen MR) is 191 cm³/mol. The number of allylic oxidation sites excluding steroid dienone is 1. The minimum absolute atomic E-state index is 0.246. The van der Waals surface area contributed by atoms with E-state index in [4.69, 9.17) is 18.9 Å². The number of halogens is 1. The average molecular weight is 708 g/mol. The highest BCUT2D eigenvalue weighted by molar-refractivity contribution is 6.07. The van der Waals surface area contributed by atoms with Gasteiger partial charge in [0, 0.05) is 28.9 Å². The van der Waals surface area contributed by atoms with Crippen LogP contribution in [-0.2, 0) is 14.3 Å². The number of nitrogens with zero attached hydrogens (tertiary/aromatic N) is 1. The van der Waals surface area contributed by atoms with Crippen LogP contribution in [-0.4, -0.2) is 50.4 Å². The Morgan fingerprint density at radius 2 is 1.27 bits per heavy atom. The van der Waals surface area contributed by atoms with E-state index in [1.807, 2.05) is 6.92 Å². The molecule has 5 rings (SSSR count). The fourth-order valence-electron chi connectivity index (χ4n) is 5.87. The van der Waals surface area contributed by atoms with Gasteiger partial charge < -0.3 is 23.8 Å². The molecule has 0 N–H and O–H groups in total. The lowest BCUT2D eigenvalue weighted by molar-refractivity contribution is -0.145. The van der Waals surface area contributed by atoms with Gasteiger partial charge in [-0.15, -0.1) is 0 Å². The fraction of sp³-hybridized carbons (Fsp3) is 0.244. The predicted octanol–water partition coefficient (Wildman–Crippen LogP) is 7.50. The highest BCUT2D eigenvalue weighted by Gasteiger charge is 2.32. The third-order valence-corrected chi connectivity index (χ3v) is 8.85. The highest BCUT2D eigenvalue weighted by atomic mass is 19.1. The Kier molecular flexibility index (Phi) is 12.3. The van der Waals surface area contributed by atoms with E-state index < -0.39 is 35.6 Å². The zero-order valence-electron chi connectivity index (χ0n) is 29.0. The quantitative estimate of drug-likeness (QED) is 0.0637. The van der Waals surface area contributed by atoms with Crippen LogP contribution in [0, 0.1) is 17.7 Å². The molecule has 0 spiro atoms. The van der Waals surface area contributed by atoms with Crippen molar-refractivity contribution in [1.29, 1.82) is 0 Å². The van der Waals surface area contributed by atoms with Gasteiger partial charge in [-0.2, -0.15) is 0 Å². The Hall–Kier alpha value is -6.10. The van der Waals surface area contributed by atoms with Crippen molar-refractivity contribution in [2.24, 2.45) is 11.8 Å². The molecule has 4 aromatic rings. The third kappa shape index (κ3) is 9.16. The van der Waals surface area contributed by atoms with E-state index >= 15 is 0 Å². The molecule has 0 aromatic heterocycles. The molecule has 268 valence electrons. The van der Waals surface area contributed by atoms with Crippen molar-refractivity contribution in [2.75, 3.05) is 25.7 Å². The standard InChI is InChI=1S/C41H38FNO9/c1-4-43(33-18-11-28(12-19-33)39(46)50-3)38(45)27-13-20-34(21-14-27)51-40(47)29-5-7-30(8-6-29)41(48)52-37-24-22-35(49-2)25-31(37)15-23-36(44)26-9-16-32(42)17-10-26/h9-25,29-30H,4-8H2,1-3H3/b23-15+. The first-order valence-electron chi connectivity index (χ1n) is 16.8. The van der Waals surface area contributed by atoms with E-state index in [0.29, 0.717) is 71.7 Å². The number of carbonyl (C=O) groups is 5. The average Bonchev–Trinajstić information content (AvgIpc) is 3.18. The molecule has 0 saturated heterocycles. The van der Waals surface area contributed by atoms with Gasteiger partial charge in [0.15, 0.2) is 5.78 Å². The molecule has 0 bridgehead atoms. The van der Waals surface area contributed by atoms with E-state index in [0.717, 1.165) is 0 Å². The third-order valence-electron chi connectivity index (χ3n) is 8.85. The summed E-state index contributed by atoms with van der Waals surface area (Å²) in [6.45, 7) is 2.23. The molecule has 1 saturated carbocycles. The maximum atomic E-state index is 13.3. The Morgan fingerprint density at radius 1 is 0.712 bits per heavy atom. The van der Waals surface area contributed by atoms with Crippen LogP contribution in [0.5, 0.6) is 17.2 Å². The summed E-state index contributed by atoms with van der Waals surface area (Å²) < 4.78 is 34.7. The number of esters is 3. The summed E-state index contributed by atoms with van der Waals surface area (Å²) in [5, 5.41) is 0. The van der Waals surface area contributed by atoms with Gasteiger partial charge in [-0.05, 0) is 136 Å². The molecule has 1 fully saturated rings. The van der Waals surface area contributed by atoms with Crippen LogP contribution in [0.1, 0.15) is 69.2 Å². The minimum atomic E-state index is -0.466. The monoisotopic (exact) mass is 707 g/mol. The van der Waals surface area contributed by atoms with Gasteiger partial charge in [0.1, 0.15) is 23.1 Å². The van der Waals surface area contributed by atoms with Crippen LogP contribution in [0.25, 0.3) is 6.08 Å². The van der Waals surface area contributed by atoms with Crippen molar-refractivity contribution < 1.29 is 47.3 Å². The van der Waals surface area contributed by atoms with Gasteiger partial charge in [-0.1, -0.05) is 0 Å². The second-order valence-corrected chi connectivity index (χ2v) is 12.1. The number of amides is 1. The second-order valence-electron chi connectivity index (χ2n) is 12.1. The van der Waals surface area contributed by atoms with E-state index in [2.05, 4.69) is 0 Å². The minimum Gasteiger partial charge on any atom is -0.497 e. The molecule has 11 heteroatoms. The van der Waals surface area contributed by atoms with Crippen molar-refractivity contribution in [3.05, 3.63) is 125 Å². The first-order chi connectivity index (χ1) is 25.1. The zero-order valence-corrected chi connectivity index (χ0v) is 29.0. The van der Waals surface area contributed by atoms with Gasteiger partial charge >= 0.3 is 17.9 Å². The molecule has 0 aliphatic heterocycles. The lowest BCUT2D eigenvalue weighted by Crippen LogP contribution is -2.31. The molecule has 4 aromatic carbocycles. The zero-order chi connectivity index (χ0) is 37.2. The Balaban J connectivity index is 1.14. The van der Waals surface area contributed by atoms with Crippen LogP contribution in [0.4, 0.5) is 10.1 Å². The summed E-state index contributed by atoms with van der Waals surface area (Å²) in [6.07, 6.45) is 4.52. The largest absolute Gasteiger partial charge is 0.497 e. The van der Waals surface area contributed by atoms with E-state index in [1.165, 1.54) is 50.6 Å². The normalized spacial score (nSPS) is 15.4. The van der Waals surface area contributed by atoms with Gasteiger partial charge in [0.25, 0.3) is 5.91 Å². The molecular weight excluding hydrogens is 669 g/mol. The molecule has 52 heavy (non-hydrogen) atoms. The first kappa shape index (κ1) is 37.2. The van der Waals surface area contributed by atoms with Crippen molar-refractivity contribution in [3.63, 3.8) is 0 Å². The Bertz CT molecular complexity index is 1950. The molecule has 1 aliphatic rings. The molecule has 1 aliphatic carbocycles. The number of ketones is 1. The van der Waals surface area contributed by atoms with Crippen LogP contribution in [0.3, 0.4) is 0 Å². The Morgan fingerprint density at radius 3 is 1.85 bits per heavy atom. The highest BCUT2D eigenvalue weighted by Crippen LogP contribution is 2.33. The smallest absolute Gasteiger partial charge is 0.337 e.